The predicted molar refractivity (Wildman–Crippen MR) is 72.3 cm³/mol. The van der Waals surface area contributed by atoms with Crippen LogP contribution in [0, 0.1) is 0 Å². The second-order valence-electron chi connectivity index (χ2n) is 4.32. The minimum absolute atomic E-state index is 0.00364. The number of aromatic nitrogens is 1. The number of nitrogens with zero attached hydrogens (tertiary/aromatic N) is 2. The van der Waals surface area contributed by atoms with E-state index in [1.807, 2.05) is 25.3 Å². The number of halogens is 1. The second kappa shape index (κ2) is 4.94. The number of hydrogen-bond donors (Lipinski definition) is 0. The van der Waals surface area contributed by atoms with Crippen molar-refractivity contribution >= 4 is 31.6 Å². The van der Waals surface area contributed by atoms with E-state index in [0.717, 1.165) is 16.7 Å². The molecule has 0 bridgehead atoms. The molecule has 17 heavy (non-hydrogen) atoms. The lowest BCUT2D eigenvalue weighted by Crippen LogP contribution is -2.47. The van der Waals surface area contributed by atoms with Gasteiger partial charge in [0.05, 0.1) is 11.5 Å². The molecule has 0 aromatic carbocycles. The van der Waals surface area contributed by atoms with Crippen molar-refractivity contribution in [1.82, 2.24) is 4.98 Å². The summed E-state index contributed by atoms with van der Waals surface area (Å²) in [5.74, 6) is 1.30. The first-order valence-electron chi connectivity index (χ1n) is 5.50. The monoisotopic (exact) mass is 318 g/mol. The van der Waals surface area contributed by atoms with E-state index in [1.165, 1.54) is 0 Å². The van der Waals surface area contributed by atoms with E-state index in [9.17, 15) is 8.42 Å². The zero-order valence-corrected chi connectivity index (χ0v) is 12.0. The highest BCUT2D eigenvalue weighted by atomic mass is 79.9. The van der Waals surface area contributed by atoms with E-state index in [1.54, 1.807) is 0 Å². The summed E-state index contributed by atoms with van der Waals surface area (Å²) in [6.07, 6.45) is 1.82. The Bertz CT molecular complexity index is 487. The van der Waals surface area contributed by atoms with Gasteiger partial charge in [-0.2, -0.15) is 0 Å². The summed E-state index contributed by atoms with van der Waals surface area (Å²) in [5.41, 5.74) is 1.12. The Hall–Kier alpha value is -0.620. The van der Waals surface area contributed by atoms with E-state index in [-0.39, 0.29) is 17.5 Å². The molecule has 0 N–H and O–H groups in total. The Morgan fingerprint density at radius 2 is 2.29 bits per heavy atom. The van der Waals surface area contributed by atoms with E-state index < -0.39 is 9.84 Å². The number of sulfone groups is 1. The molecule has 6 heteroatoms. The Labute approximate surface area is 110 Å². The lowest BCUT2D eigenvalue weighted by molar-refractivity contribution is 0.567. The van der Waals surface area contributed by atoms with Gasteiger partial charge in [0.25, 0.3) is 0 Å². The fraction of sp³-hybridized carbons (Fsp3) is 0.545. The van der Waals surface area contributed by atoms with Crippen molar-refractivity contribution < 1.29 is 8.42 Å². The topological polar surface area (TPSA) is 50.3 Å². The van der Waals surface area contributed by atoms with Gasteiger partial charge in [0.2, 0.25) is 0 Å². The Morgan fingerprint density at radius 3 is 2.82 bits per heavy atom. The molecule has 2 rings (SSSR count). The van der Waals surface area contributed by atoms with Gasteiger partial charge in [-0.05, 0) is 18.6 Å². The van der Waals surface area contributed by atoms with Crippen LogP contribution in [0.15, 0.2) is 18.3 Å². The lowest BCUT2D eigenvalue weighted by atomic mass is 10.2. The molecule has 1 fully saturated rings. The van der Waals surface area contributed by atoms with E-state index in [2.05, 4.69) is 25.8 Å². The van der Waals surface area contributed by atoms with Crippen LogP contribution in [0.2, 0.25) is 0 Å². The molecule has 0 aliphatic carbocycles. The lowest BCUT2D eigenvalue weighted by Gasteiger charge is -2.34. The smallest absolute Gasteiger partial charge is 0.154 e. The summed E-state index contributed by atoms with van der Waals surface area (Å²) in [6, 6.07) is 3.95. The molecule has 0 saturated carbocycles. The first-order valence-corrected chi connectivity index (χ1v) is 8.44. The van der Waals surface area contributed by atoms with Gasteiger partial charge in [-0.15, -0.1) is 0 Å². The summed E-state index contributed by atoms with van der Waals surface area (Å²) in [5, 5.41) is 0.782. The van der Waals surface area contributed by atoms with Crippen LogP contribution in [-0.2, 0) is 15.2 Å². The third-order valence-corrected chi connectivity index (χ3v) is 5.37. The van der Waals surface area contributed by atoms with E-state index in [4.69, 9.17) is 0 Å². The number of alkyl halides is 1. The van der Waals surface area contributed by atoms with Crippen LogP contribution in [0.5, 0.6) is 0 Å². The van der Waals surface area contributed by atoms with Crippen molar-refractivity contribution in [3.05, 3.63) is 23.9 Å². The number of pyridine rings is 1. The van der Waals surface area contributed by atoms with Gasteiger partial charge in [0.1, 0.15) is 5.82 Å². The molecule has 94 valence electrons. The van der Waals surface area contributed by atoms with Crippen LogP contribution in [-0.4, -0.2) is 37.5 Å². The largest absolute Gasteiger partial charge is 0.352 e. The fourth-order valence-corrected chi connectivity index (χ4v) is 3.89. The molecular weight excluding hydrogens is 304 g/mol. The van der Waals surface area contributed by atoms with Gasteiger partial charge in [-0.1, -0.05) is 22.0 Å². The molecule has 1 unspecified atom stereocenters. The Morgan fingerprint density at radius 1 is 1.53 bits per heavy atom. The Kier molecular flexibility index (Phi) is 3.73. The van der Waals surface area contributed by atoms with Gasteiger partial charge >= 0.3 is 0 Å². The highest BCUT2D eigenvalue weighted by Gasteiger charge is 2.28. The maximum Gasteiger partial charge on any atom is 0.154 e. The molecule has 2 heterocycles. The van der Waals surface area contributed by atoms with E-state index in [0.29, 0.717) is 6.54 Å². The number of anilines is 1. The van der Waals surface area contributed by atoms with Crippen molar-refractivity contribution in [3.63, 3.8) is 0 Å². The third-order valence-electron chi connectivity index (χ3n) is 2.93. The maximum atomic E-state index is 11.5. The van der Waals surface area contributed by atoms with E-state index >= 15 is 0 Å². The van der Waals surface area contributed by atoms with Crippen molar-refractivity contribution in [2.75, 3.05) is 23.0 Å². The quantitative estimate of drug-likeness (QED) is 0.777. The maximum absolute atomic E-state index is 11.5. The van der Waals surface area contributed by atoms with Gasteiger partial charge in [0.15, 0.2) is 9.84 Å². The highest BCUT2D eigenvalue weighted by Crippen LogP contribution is 2.20. The van der Waals surface area contributed by atoms with Crippen molar-refractivity contribution in [1.29, 1.82) is 0 Å². The van der Waals surface area contributed by atoms with Gasteiger partial charge in [-0.3, -0.25) is 0 Å². The molecule has 1 aromatic rings. The fourth-order valence-electron chi connectivity index (χ4n) is 2.00. The normalized spacial score (nSPS) is 23.6. The molecule has 1 aliphatic rings. The second-order valence-corrected chi connectivity index (χ2v) is 7.10. The average Bonchev–Trinajstić information content (AvgIpc) is 2.28. The summed E-state index contributed by atoms with van der Waals surface area (Å²) in [4.78, 5) is 6.43. The van der Waals surface area contributed by atoms with Crippen LogP contribution < -0.4 is 4.90 Å². The van der Waals surface area contributed by atoms with Crippen molar-refractivity contribution in [2.24, 2.45) is 0 Å². The van der Waals surface area contributed by atoms with Crippen molar-refractivity contribution in [2.45, 2.75) is 18.3 Å². The highest BCUT2D eigenvalue weighted by molar-refractivity contribution is 9.08. The minimum atomic E-state index is -2.86. The van der Waals surface area contributed by atoms with Gasteiger partial charge in [0, 0.05) is 24.1 Å². The summed E-state index contributed by atoms with van der Waals surface area (Å²) < 4.78 is 23.0. The molecule has 1 saturated heterocycles. The zero-order chi connectivity index (χ0) is 12.5. The molecule has 0 amide bonds. The number of rotatable bonds is 2. The average molecular weight is 319 g/mol. The standard InChI is InChI=1S/C11H15BrN2O2S/c1-9-8-17(15,16)5-4-14(9)11-3-2-10(6-12)7-13-11/h2-3,7,9H,4-6,8H2,1H3. The third kappa shape index (κ3) is 2.98. The van der Waals surface area contributed by atoms with Crippen LogP contribution in [0.25, 0.3) is 0 Å². The molecule has 1 aromatic heterocycles. The molecule has 0 radical (unpaired) electrons. The van der Waals surface area contributed by atoms with Gasteiger partial charge < -0.3 is 4.90 Å². The molecule has 4 nitrogen and oxygen atoms in total. The van der Waals surface area contributed by atoms with Crippen molar-refractivity contribution in [3.8, 4) is 0 Å². The Balaban J connectivity index is 2.17. The molecular formula is C11H15BrN2O2S. The first kappa shape index (κ1) is 12.8. The number of hydrogen-bond acceptors (Lipinski definition) is 4. The van der Waals surface area contributed by atoms with Crippen LogP contribution in [0.4, 0.5) is 5.82 Å². The predicted octanol–water partition coefficient (Wildman–Crippen LogP) is 1.60. The summed E-state index contributed by atoms with van der Waals surface area (Å²) >= 11 is 3.37. The molecule has 1 aliphatic heterocycles. The van der Waals surface area contributed by atoms with Crippen LogP contribution in [0.3, 0.4) is 0 Å². The first-order chi connectivity index (χ1) is 8.02. The van der Waals surface area contributed by atoms with Crippen LogP contribution in [0.1, 0.15) is 12.5 Å². The summed E-state index contributed by atoms with van der Waals surface area (Å²) in [7, 11) is -2.86. The SMILES string of the molecule is CC1CS(=O)(=O)CCN1c1ccc(CBr)cn1. The zero-order valence-electron chi connectivity index (χ0n) is 9.63. The molecule has 1 atom stereocenters. The minimum Gasteiger partial charge on any atom is -0.352 e. The molecule has 0 spiro atoms. The van der Waals surface area contributed by atoms with Crippen LogP contribution >= 0.6 is 15.9 Å². The summed E-state index contributed by atoms with van der Waals surface area (Å²) in [6.45, 7) is 2.46. The van der Waals surface area contributed by atoms with Gasteiger partial charge in [-0.25, -0.2) is 13.4 Å².